The lowest BCUT2D eigenvalue weighted by Gasteiger charge is -2.34. The van der Waals surface area contributed by atoms with Crippen LogP contribution < -0.4 is 10.6 Å². The molecular weight excluding hydrogens is 284 g/mol. The molecule has 0 aromatic heterocycles. The molecular formula is C20H24N2O. The Bertz CT molecular complexity index is 594. The maximum atomic E-state index is 12.8. The molecule has 1 amide bonds. The molecule has 0 aliphatic carbocycles. The van der Waals surface area contributed by atoms with Gasteiger partial charge in [0, 0.05) is 6.54 Å². The molecule has 1 unspecified atom stereocenters. The highest BCUT2D eigenvalue weighted by atomic mass is 16.2. The van der Waals surface area contributed by atoms with Crippen molar-refractivity contribution >= 4 is 5.91 Å². The Morgan fingerprint density at radius 3 is 2.09 bits per heavy atom. The Morgan fingerprint density at radius 1 is 1.04 bits per heavy atom. The van der Waals surface area contributed by atoms with E-state index in [9.17, 15) is 4.79 Å². The molecule has 0 spiro atoms. The molecule has 3 heteroatoms. The summed E-state index contributed by atoms with van der Waals surface area (Å²) in [6.07, 6.45) is 2.02. The summed E-state index contributed by atoms with van der Waals surface area (Å²) in [6.45, 7) is 3.87. The molecule has 1 atom stereocenters. The molecule has 3 rings (SSSR count). The van der Waals surface area contributed by atoms with Crippen LogP contribution in [0.15, 0.2) is 60.7 Å². The zero-order chi connectivity index (χ0) is 16.1. The lowest BCUT2D eigenvalue weighted by molar-refractivity contribution is -0.127. The quantitative estimate of drug-likeness (QED) is 0.911. The van der Waals surface area contributed by atoms with Gasteiger partial charge in [-0.05, 0) is 37.4 Å². The minimum atomic E-state index is -0.517. The first kappa shape index (κ1) is 15.8. The number of hydrogen-bond acceptors (Lipinski definition) is 2. The van der Waals surface area contributed by atoms with Crippen LogP contribution in [0.5, 0.6) is 0 Å². The normalized spacial score (nSPS) is 18.4. The lowest BCUT2D eigenvalue weighted by Crippen LogP contribution is -2.49. The van der Waals surface area contributed by atoms with Gasteiger partial charge in [0.1, 0.15) is 0 Å². The summed E-state index contributed by atoms with van der Waals surface area (Å²) < 4.78 is 0. The molecule has 1 fully saturated rings. The molecule has 120 valence electrons. The van der Waals surface area contributed by atoms with Crippen molar-refractivity contribution < 1.29 is 4.79 Å². The van der Waals surface area contributed by atoms with Crippen LogP contribution in [0.4, 0.5) is 0 Å². The van der Waals surface area contributed by atoms with Crippen LogP contribution in [0.3, 0.4) is 0 Å². The van der Waals surface area contributed by atoms with Gasteiger partial charge in [0.25, 0.3) is 0 Å². The van der Waals surface area contributed by atoms with E-state index in [0.29, 0.717) is 0 Å². The van der Waals surface area contributed by atoms with E-state index in [1.165, 1.54) is 0 Å². The molecule has 2 aromatic carbocycles. The largest absolute Gasteiger partial charge is 0.342 e. The number of rotatable bonds is 4. The van der Waals surface area contributed by atoms with Gasteiger partial charge in [-0.15, -0.1) is 0 Å². The number of carbonyl (C=O) groups is 1. The third-order valence-corrected chi connectivity index (χ3v) is 4.74. The van der Waals surface area contributed by atoms with Crippen molar-refractivity contribution in [3.63, 3.8) is 0 Å². The SMILES string of the molecule is CC(NC(=O)C1CCCNC1)(c1ccccc1)c1ccccc1. The number of piperidine rings is 1. The molecule has 3 nitrogen and oxygen atoms in total. The van der Waals surface area contributed by atoms with Crippen molar-refractivity contribution in [2.45, 2.75) is 25.3 Å². The highest BCUT2D eigenvalue weighted by Gasteiger charge is 2.33. The number of benzene rings is 2. The van der Waals surface area contributed by atoms with E-state index in [1.54, 1.807) is 0 Å². The predicted octanol–water partition coefficient (Wildman–Crippen LogP) is 3.07. The van der Waals surface area contributed by atoms with Crippen molar-refractivity contribution in [2.24, 2.45) is 5.92 Å². The van der Waals surface area contributed by atoms with Gasteiger partial charge in [-0.2, -0.15) is 0 Å². The highest BCUT2D eigenvalue weighted by Crippen LogP contribution is 2.29. The van der Waals surface area contributed by atoms with Gasteiger partial charge in [-0.25, -0.2) is 0 Å². The molecule has 0 saturated carbocycles. The molecule has 1 heterocycles. The fraction of sp³-hybridized carbons (Fsp3) is 0.350. The molecule has 0 radical (unpaired) electrons. The van der Waals surface area contributed by atoms with E-state index in [0.717, 1.165) is 37.1 Å². The molecule has 1 aliphatic rings. The van der Waals surface area contributed by atoms with Crippen LogP contribution in [0, 0.1) is 5.92 Å². The average molecular weight is 308 g/mol. The number of nitrogens with one attached hydrogen (secondary N) is 2. The lowest BCUT2D eigenvalue weighted by atomic mass is 9.83. The first-order valence-corrected chi connectivity index (χ1v) is 8.34. The molecule has 1 aliphatic heterocycles. The summed E-state index contributed by atoms with van der Waals surface area (Å²) in [5.74, 6) is 0.183. The van der Waals surface area contributed by atoms with E-state index >= 15 is 0 Å². The molecule has 2 aromatic rings. The van der Waals surface area contributed by atoms with Gasteiger partial charge in [0.15, 0.2) is 0 Å². The summed E-state index contributed by atoms with van der Waals surface area (Å²) in [7, 11) is 0. The van der Waals surface area contributed by atoms with Gasteiger partial charge in [0.05, 0.1) is 11.5 Å². The Balaban J connectivity index is 1.91. The third-order valence-electron chi connectivity index (χ3n) is 4.74. The summed E-state index contributed by atoms with van der Waals surface area (Å²) in [5.41, 5.74) is 1.68. The van der Waals surface area contributed by atoms with Crippen molar-refractivity contribution in [1.82, 2.24) is 10.6 Å². The molecule has 2 N–H and O–H groups in total. The Hall–Kier alpha value is -2.13. The number of amides is 1. The van der Waals surface area contributed by atoms with Gasteiger partial charge in [-0.3, -0.25) is 4.79 Å². The Morgan fingerprint density at radius 2 is 1.61 bits per heavy atom. The van der Waals surface area contributed by atoms with E-state index in [1.807, 2.05) is 36.4 Å². The second kappa shape index (κ2) is 6.97. The Kier molecular flexibility index (Phi) is 4.77. The zero-order valence-corrected chi connectivity index (χ0v) is 13.6. The van der Waals surface area contributed by atoms with Crippen LogP contribution in [-0.4, -0.2) is 19.0 Å². The van der Waals surface area contributed by atoms with Gasteiger partial charge < -0.3 is 10.6 Å². The van der Waals surface area contributed by atoms with E-state index in [2.05, 4.69) is 41.8 Å². The van der Waals surface area contributed by atoms with Crippen LogP contribution in [0.25, 0.3) is 0 Å². The summed E-state index contributed by atoms with van der Waals surface area (Å²) in [6, 6.07) is 20.4. The van der Waals surface area contributed by atoms with Crippen LogP contribution >= 0.6 is 0 Å². The maximum absolute atomic E-state index is 12.8. The average Bonchev–Trinajstić information content (AvgIpc) is 2.64. The molecule has 0 bridgehead atoms. The van der Waals surface area contributed by atoms with E-state index in [-0.39, 0.29) is 11.8 Å². The first-order valence-electron chi connectivity index (χ1n) is 8.34. The number of carbonyl (C=O) groups excluding carboxylic acids is 1. The smallest absolute Gasteiger partial charge is 0.225 e. The van der Waals surface area contributed by atoms with Crippen LogP contribution in [-0.2, 0) is 10.3 Å². The van der Waals surface area contributed by atoms with Crippen molar-refractivity contribution in [1.29, 1.82) is 0 Å². The summed E-state index contributed by atoms with van der Waals surface area (Å²) in [5, 5.41) is 6.64. The summed E-state index contributed by atoms with van der Waals surface area (Å²) in [4.78, 5) is 12.8. The second-order valence-corrected chi connectivity index (χ2v) is 6.39. The maximum Gasteiger partial charge on any atom is 0.225 e. The predicted molar refractivity (Wildman–Crippen MR) is 93.1 cm³/mol. The third kappa shape index (κ3) is 3.45. The first-order chi connectivity index (χ1) is 11.2. The molecule has 23 heavy (non-hydrogen) atoms. The van der Waals surface area contributed by atoms with Crippen molar-refractivity contribution in [3.8, 4) is 0 Å². The Labute approximate surface area is 138 Å². The van der Waals surface area contributed by atoms with Crippen molar-refractivity contribution in [3.05, 3.63) is 71.8 Å². The van der Waals surface area contributed by atoms with Crippen molar-refractivity contribution in [2.75, 3.05) is 13.1 Å². The topological polar surface area (TPSA) is 41.1 Å². The summed E-state index contributed by atoms with van der Waals surface area (Å²) >= 11 is 0. The van der Waals surface area contributed by atoms with Crippen LogP contribution in [0.2, 0.25) is 0 Å². The fourth-order valence-corrected chi connectivity index (χ4v) is 3.28. The van der Waals surface area contributed by atoms with E-state index < -0.39 is 5.54 Å². The van der Waals surface area contributed by atoms with E-state index in [4.69, 9.17) is 0 Å². The van der Waals surface area contributed by atoms with Gasteiger partial charge in [0.2, 0.25) is 5.91 Å². The monoisotopic (exact) mass is 308 g/mol. The fourth-order valence-electron chi connectivity index (χ4n) is 3.28. The van der Waals surface area contributed by atoms with Gasteiger partial charge in [-0.1, -0.05) is 60.7 Å². The second-order valence-electron chi connectivity index (χ2n) is 6.39. The number of hydrogen-bond donors (Lipinski definition) is 2. The van der Waals surface area contributed by atoms with Gasteiger partial charge >= 0.3 is 0 Å². The molecule has 1 saturated heterocycles. The standard InChI is InChI=1S/C20H24N2O/c1-20(17-10-4-2-5-11-17,18-12-6-3-7-13-18)22-19(23)16-9-8-14-21-15-16/h2-7,10-13,16,21H,8-9,14-15H2,1H3,(H,22,23). The minimum Gasteiger partial charge on any atom is -0.342 e. The van der Waals surface area contributed by atoms with Crippen LogP contribution in [0.1, 0.15) is 30.9 Å². The minimum absolute atomic E-state index is 0.0514. The zero-order valence-electron chi connectivity index (χ0n) is 13.6. The highest BCUT2D eigenvalue weighted by molar-refractivity contribution is 5.80.